The van der Waals surface area contributed by atoms with Gasteiger partial charge < -0.3 is 0 Å². The molecule has 0 saturated carbocycles. The van der Waals surface area contributed by atoms with E-state index >= 15 is 0 Å². The molecule has 2 rings (SSSR count). The Morgan fingerprint density at radius 2 is 2.14 bits per heavy atom. The van der Waals surface area contributed by atoms with E-state index in [0.29, 0.717) is 0 Å². The monoisotopic (exact) mass is 207 g/mol. The van der Waals surface area contributed by atoms with E-state index in [2.05, 4.69) is 15.2 Å². The first-order valence-corrected chi connectivity index (χ1v) is 4.82. The second-order valence-corrected chi connectivity index (χ2v) is 3.42. The van der Waals surface area contributed by atoms with Crippen LogP contribution < -0.4 is 0 Å². The molecule has 0 aromatic carbocycles. The summed E-state index contributed by atoms with van der Waals surface area (Å²) in [6.07, 6.45) is 5.22. The van der Waals surface area contributed by atoms with Crippen LogP contribution in [0.1, 0.15) is 11.4 Å². The Bertz CT molecular complexity index is 398. The van der Waals surface area contributed by atoms with Gasteiger partial charge in [-0.3, -0.25) is 10.1 Å². The third-order valence-corrected chi connectivity index (χ3v) is 2.37. The summed E-state index contributed by atoms with van der Waals surface area (Å²) in [5.41, 5.74) is 2.04. The van der Waals surface area contributed by atoms with Crippen LogP contribution in [0.25, 0.3) is 0 Å². The molecule has 0 fully saturated rings. The smallest absolute Gasteiger partial charge is 0.0621 e. The lowest BCUT2D eigenvalue weighted by Crippen LogP contribution is -1.95. The van der Waals surface area contributed by atoms with Crippen LogP contribution in [0.15, 0.2) is 30.6 Å². The van der Waals surface area contributed by atoms with Gasteiger partial charge in [0, 0.05) is 18.1 Å². The fourth-order valence-electron chi connectivity index (χ4n) is 1.28. The van der Waals surface area contributed by atoms with Crippen molar-refractivity contribution in [2.75, 3.05) is 0 Å². The lowest BCUT2D eigenvalue weighted by molar-refractivity contribution is 0.866. The number of pyridine rings is 1. The molecule has 0 aliphatic heterocycles. The van der Waals surface area contributed by atoms with Crippen LogP contribution in [0.5, 0.6) is 0 Å². The molecule has 2 heterocycles. The Hall–Kier alpha value is -1.35. The molecule has 0 spiro atoms. The molecule has 2 aromatic rings. The summed E-state index contributed by atoms with van der Waals surface area (Å²) < 4.78 is 0. The third-order valence-electron chi connectivity index (χ3n) is 2.02. The number of hydrogen-bond acceptors (Lipinski definition) is 2. The molecule has 1 N–H and O–H groups in total. The maximum Gasteiger partial charge on any atom is 0.0621 e. The van der Waals surface area contributed by atoms with Crippen molar-refractivity contribution in [3.63, 3.8) is 0 Å². The first kappa shape index (κ1) is 9.21. The van der Waals surface area contributed by atoms with Gasteiger partial charge in [-0.25, -0.2) is 0 Å². The Morgan fingerprint density at radius 3 is 2.86 bits per heavy atom. The van der Waals surface area contributed by atoms with Crippen molar-refractivity contribution >= 4 is 11.6 Å². The van der Waals surface area contributed by atoms with Crippen LogP contribution in [-0.4, -0.2) is 15.2 Å². The van der Waals surface area contributed by atoms with Crippen LogP contribution >= 0.6 is 11.6 Å². The summed E-state index contributed by atoms with van der Waals surface area (Å²) in [4.78, 5) is 4.21. The van der Waals surface area contributed by atoms with Crippen LogP contribution in [0.3, 0.4) is 0 Å². The van der Waals surface area contributed by atoms with E-state index in [0.717, 1.165) is 29.3 Å². The second kappa shape index (κ2) is 4.24. The van der Waals surface area contributed by atoms with Gasteiger partial charge in [0.25, 0.3) is 0 Å². The zero-order valence-corrected chi connectivity index (χ0v) is 8.33. The molecule has 0 amide bonds. The molecule has 0 saturated heterocycles. The molecule has 14 heavy (non-hydrogen) atoms. The maximum absolute atomic E-state index is 5.98. The van der Waals surface area contributed by atoms with Gasteiger partial charge >= 0.3 is 0 Å². The highest BCUT2D eigenvalue weighted by molar-refractivity contribution is 6.31. The zero-order chi connectivity index (χ0) is 9.80. The van der Waals surface area contributed by atoms with Gasteiger partial charge in [0.1, 0.15) is 0 Å². The Morgan fingerprint density at radius 1 is 1.21 bits per heavy atom. The highest BCUT2D eigenvalue weighted by Crippen LogP contribution is 2.13. The minimum absolute atomic E-state index is 0.729. The molecule has 3 nitrogen and oxygen atoms in total. The lowest BCUT2D eigenvalue weighted by atomic mass is 10.2. The summed E-state index contributed by atoms with van der Waals surface area (Å²) in [6.45, 7) is 0. The van der Waals surface area contributed by atoms with Gasteiger partial charge in [0.2, 0.25) is 0 Å². The third kappa shape index (κ3) is 2.12. The van der Waals surface area contributed by atoms with Crippen molar-refractivity contribution in [1.29, 1.82) is 0 Å². The second-order valence-electron chi connectivity index (χ2n) is 3.01. The van der Waals surface area contributed by atoms with Crippen molar-refractivity contribution in [3.8, 4) is 0 Å². The van der Waals surface area contributed by atoms with Crippen molar-refractivity contribution < 1.29 is 0 Å². The van der Waals surface area contributed by atoms with Crippen LogP contribution in [0.4, 0.5) is 0 Å². The highest BCUT2D eigenvalue weighted by atomic mass is 35.5. The van der Waals surface area contributed by atoms with Gasteiger partial charge in [-0.05, 0) is 31.0 Å². The summed E-state index contributed by atoms with van der Waals surface area (Å²) in [7, 11) is 0. The van der Waals surface area contributed by atoms with Crippen molar-refractivity contribution in [1.82, 2.24) is 15.2 Å². The predicted octanol–water partition coefficient (Wildman–Crippen LogP) is 2.24. The Labute approximate surface area is 87.1 Å². The molecular weight excluding hydrogens is 198 g/mol. The topological polar surface area (TPSA) is 41.6 Å². The number of rotatable bonds is 3. The Kier molecular flexibility index (Phi) is 2.79. The lowest BCUT2D eigenvalue weighted by Gasteiger charge is -2.00. The maximum atomic E-state index is 5.98. The number of aromatic nitrogens is 3. The van der Waals surface area contributed by atoms with E-state index in [-0.39, 0.29) is 0 Å². The number of halogens is 1. The van der Waals surface area contributed by atoms with Crippen molar-refractivity contribution in [3.05, 3.63) is 47.0 Å². The molecule has 0 aliphatic rings. The van der Waals surface area contributed by atoms with Crippen molar-refractivity contribution in [2.24, 2.45) is 0 Å². The first-order chi connectivity index (χ1) is 6.86. The number of aromatic amines is 1. The van der Waals surface area contributed by atoms with E-state index in [9.17, 15) is 0 Å². The summed E-state index contributed by atoms with van der Waals surface area (Å²) >= 11 is 5.98. The van der Waals surface area contributed by atoms with Crippen LogP contribution in [0, 0.1) is 0 Å². The molecular formula is C10H10ClN3. The van der Waals surface area contributed by atoms with Gasteiger partial charge in [-0.15, -0.1) is 0 Å². The number of aryl methyl sites for hydroxylation is 2. The number of nitrogens with zero attached hydrogens (tertiary/aromatic N) is 2. The molecule has 72 valence electrons. The molecule has 0 atom stereocenters. The summed E-state index contributed by atoms with van der Waals surface area (Å²) in [5.74, 6) is 0. The average Bonchev–Trinajstić information content (AvgIpc) is 2.69. The van der Waals surface area contributed by atoms with E-state index in [1.165, 1.54) is 0 Å². The largest absolute Gasteiger partial charge is 0.283 e. The predicted molar refractivity (Wildman–Crippen MR) is 55.2 cm³/mol. The molecule has 2 aromatic heterocycles. The van der Waals surface area contributed by atoms with Crippen LogP contribution in [0.2, 0.25) is 5.02 Å². The summed E-state index contributed by atoms with van der Waals surface area (Å²) in [5, 5.41) is 7.51. The minimum Gasteiger partial charge on any atom is -0.283 e. The number of nitrogens with one attached hydrogen (secondary N) is 1. The van der Waals surface area contributed by atoms with E-state index in [1.54, 1.807) is 12.4 Å². The van der Waals surface area contributed by atoms with Gasteiger partial charge in [0.05, 0.1) is 10.7 Å². The van der Waals surface area contributed by atoms with E-state index < -0.39 is 0 Å². The van der Waals surface area contributed by atoms with Gasteiger partial charge in [0.15, 0.2) is 0 Å². The standard InChI is InChI=1S/C10H10ClN3/c11-9-2-1-6-12-10(9)4-3-8-5-7-13-14-8/h1-2,5-7H,3-4H2,(H,13,14). The highest BCUT2D eigenvalue weighted by Gasteiger charge is 2.01. The SMILES string of the molecule is Clc1cccnc1CCc1ccn[nH]1. The van der Waals surface area contributed by atoms with Crippen molar-refractivity contribution in [2.45, 2.75) is 12.8 Å². The average molecular weight is 208 g/mol. The van der Waals surface area contributed by atoms with Gasteiger partial charge in [-0.1, -0.05) is 11.6 Å². The fraction of sp³-hybridized carbons (Fsp3) is 0.200. The molecule has 0 aliphatic carbocycles. The minimum atomic E-state index is 0.729. The van der Waals surface area contributed by atoms with E-state index in [4.69, 9.17) is 11.6 Å². The normalized spacial score (nSPS) is 10.4. The van der Waals surface area contributed by atoms with E-state index in [1.807, 2.05) is 18.2 Å². The fourth-order valence-corrected chi connectivity index (χ4v) is 1.50. The summed E-state index contributed by atoms with van der Waals surface area (Å²) in [6, 6.07) is 5.65. The first-order valence-electron chi connectivity index (χ1n) is 4.44. The Balaban J connectivity index is 2.02. The number of H-pyrrole nitrogens is 1. The molecule has 0 unspecified atom stereocenters. The molecule has 0 bridgehead atoms. The zero-order valence-electron chi connectivity index (χ0n) is 7.57. The quantitative estimate of drug-likeness (QED) is 0.839. The molecule has 0 radical (unpaired) electrons. The van der Waals surface area contributed by atoms with Gasteiger partial charge in [-0.2, -0.15) is 5.10 Å². The number of hydrogen-bond donors (Lipinski definition) is 1. The molecule has 4 heteroatoms. The van der Waals surface area contributed by atoms with Crippen LogP contribution in [-0.2, 0) is 12.8 Å².